The standard InChI is InChI=1S/C23H23N3O2/c1-16(27)20-12-21(24-14-20)23(28)25-13-17-6-8-18(9-7-17)15-26-11-10-19-4-2-3-5-22(19)26/h2-9,12,14,24H,10-11,13,15H2,1H3,(H,25,28). The van der Waals surface area contributed by atoms with Crippen molar-refractivity contribution in [2.45, 2.75) is 26.4 Å². The van der Waals surface area contributed by atoms with E-state index in [2.05, 4.69) is 51.6 Å². The number of nitrogens with one attached hydrogen (secondary N) is 2. The molecule has 0 radical (unpaired) electrons. The monoisotopic (exact) mass is 373 g/mol. The van der Waals surface area contributed by atoms with Gasteiger partial charge in [0.05, 0.1) is 0 Å². The molecule has 1 amide bonds. The fourth-order valence-corrected chi connectivity index (χ4v) is 3.56. The van der Waals surface area contributed by atoms with Gasteiger partial charge in [-0.15, -0.1) is 0 Å². The SMILES string of the molecule is CC(=O)c1c[nH]c(C(=O)NCc2ccc(CN3CCc4ccccc43)cc2)c1. The molecular formula is C23H23N3O2. The molecule has 0 saturated heterocycles. The fourth-order valence-electron chi connectivity index (χ4n) is 3.56. The lowest BCUT2D eigenvalue weighted by molar-refractivity contribution is 0.0946. The summed E-state index contributed by atoms with van der Waals surface area (Å²) in [5.74, 6) is -0.281. The number of ketones is 1. The number of amides is 1. The minimum absolute atomic E-state index is 0.0634. The predicted molar refractivity (Wildman–Crippen MR) is 110 cm³/mol. The van der Waals surface area contributed by atoms with Crippen molar-refractivity contribution in [3.8, 4) is 0 Å². The lowest BCUT2D eigenvalue weighted by Gasteiger charge is -2.19. The van der Waals surface area contributed by atoms with E-state index in [0.717, 1.165) is 25.1 Å². The zero-order valence-corrected chi connectivity index (χ0v) is 15.9. The number of aromatic nitrogens is 1. The second-order valence-electron chi connectivity index (χ2n) is 7.16. The third kappa shape index (κ3) is 3.83. The third-order valence-corrected chi connectivity index (χ3v) is 5.17. The number of Topliss-reactive ketones (excluding diaryl/α,β-unsaturated/α-hetero) is 1. The Hall–Kier alpha value is -3.34. The highest BCUT2D eigenvalue weighted by Gasteiger charge is 2.18. The first-order valence-electron chi connectivity index (χ1n) is 9.48. The van der Waals surface area contributed by atoms with Gasteiger partial charge >= 0.3 is 0 Å². The van der Waals surface area contributed by atoms with Gasteiger partial charge in [-0.3, -0.25) is 9.59 Å². The number of aromatic amines is 1. The van der Waals surface area contributed by atoms with Gasteiger partial charge in [0.25, 0.3) is 5.91 Å². The second kappa shape index (κ2) is 7.72. The number of H-pyrrole nitrogens is 1. The summed E-state index contributed by atoms with van der Waals surface area (Å²) < 4.78 is 0. The van der Waals surface area contributed by atoms with Gasteiger partial charge in [0.15, 0.2) is 5.78 Å². The summed E-state index contributed by atoms with van der Waals surface area (Å²) in [5, 5.41) is 2.88. The van der Waals surface area contributed by atoms with E-state index in [9.17, 15) is 9.59 Å². The minimum Gasteiger partial charge on any atom is -0.367 e. The summed E-state index contributed by atoms with van der Waals surface area (Å²) >= 11 is 0. The van der Waals surface area contributed by atoms with Gasteiger partial charge < -0.3 is 15.2 Å². The highest BCUT2D eigenvalue weighted by atomic mass is 16.2. The van der Waals surface area contributed by atoms with E-state index in [1.165, 1.54) is 23.7 Å². The van der Waals surface area contributed by atoms with Crippen LogP contribution in [0.4, 0.5) is 5.69 Å². The Morgan fingerprint density at radius 2 is 1.82 bits per heavy atom. The van der Waals surface area contributed by atoms with E-state index in [-0.39, 0.29) is 11.7 Å². The van der Waals surface area contributed by atoms with Crippen LogP contribution in [0, 0.1) is 0 Å². The molecule has 142 valence electrons. The molecule has 0 aliphatic carbocycles. The Balaban J connectivity index is 1.33. The van der Waals surface area contributed by atoms with Crippen LogP contribution in [0.5, 0.6) is 0 Å². The van der Waals surface area contributed by atoms with Crippen LogP contribution in [0.15, 0.2) is 60.8 Å². The first-order valence-corrected chi connectivity index (χ1v) is 9.48. The molecular weight excluding hydrogens is 350 g/mol. The van der Waals surface area contributed by atoms with E-state index in [4.69, 9.17) is 0 Å². The molecule has 0 saturated carbocycles. The number of hydrogen-bond donors (Lipinski definition) is 2. The van der Waals surface area contributed by atoms with Crippen LogP contribution in [0.2, 0.25) is 0 Å². The molecule has 5 nitrogen and oxygen atoms in total. The van der Waals surface area contributed by atoms with Crippen molar-refractivity contribution in [1.82, 2.24) is 10.3 Å². The molecule has 28 heavy (non-hydrogen) atoms. The molecule has 4 rings (SSSR count). The van der Waals surface area contributed by atoms with Crippen LogP contribution in [-0.4, -0.2) is 23.2 Å². The highest BCUT2D eigenvalue weighted by molar-refractivity contribution is 5.99. The summed E-state index contributed by atoms with van der Waals surface area (Å²) in [6.07, 6.45) is 2.66. The molecule has 0 atom stereocenters. The zero-order chi connectivity index (χ0) is 19.5. The van der Waals surface area contributed by atoms with Crippen LogP contribution < -0.4 is 10.2 Å². The van der Waals surface area contributed by atoms with Crippen molar-refractivity contribution >= 4 is 17.4 Å². The van der Waals surface area contributed by atoms with Crippen molar-refractivity contribution in [2.24, 2.45) is 0 Å². The number of fused-ring (bicyclic) bond motifs is 1. The first kappa shape index (κ1) is 18.0. The fraction of sp³-hybridized carbons (Fsp3) is 0.217. The second-order valence-corrected chi connectivity index (χ2v) is 7.16. The van der Waals surface area contributed by atoms with Crippen LogP contribution in [0.3, 0.4) is 0 Å². The molecule has 1 aromatic heterocycles. The summed E-state index contributed by atoms with van der Waals surface area (Å²) in [6.45, 7) is 3.86. The van der Waals surface area contributed by atoms with Crippen molar-refractivity contribution in [3.63, 3.8) is 0 Å². The van der Waals surface area contributed by atoms with Crippen molar-refractivity contribution < 1.29 is 9.59 Å². The van der Waals surface area contributed by atoms with Gasteiger partial charge in [0.2, 0.25) is 0 Å². The van der Waals surface area contributed by atoms with Crippen molar-refractivity contribution in [1.29, 1.82) is 0 Å². The maximum Gasteiger partial charge on any atom is 0.267 e. The van der Waals surface area contributed by atoms with Crippen LogP contribution in [0.25, 0.3) is 0 Å². The molecule has 0 unspecified atom stereocenters. The Labute approximate surface area is 164 Å². The molecule has 0 bridgehead atoms. The number of para-hydroxylation sites is 1. The topological polar surface area (TPSA) is 65.2 Å². The Morgan fingerprint density at radius 1 is 1.07 bits per heavy atom. The predicted octanol–water partition coefficient (Wildman–Crippen LogP) is 3.71. The van der Waals surface area contributed by atoms with E-state index >= 15 is 0 Å². The molecule has 3 aromatic rings. The summed E-state index contributed by atoms with van der Waals surface area (Å²) in [6, 6.07) is 18.5. The summed E-state index contributed by atoms with van der Waals surface area (Å²) in [4.78, 5) is 28.8. The van der Waals surface area contributed by atoms with Crippen LogP contribution >= 0.6 is 0 Å². The number of nitrogens with zero attached hydrogens (tertiary/aromatic N) is 1. The molecule has 1 aliphatic heterocycles. The first-order chi connectivity index (χ1) is 13.6. The number of rotatable bonds is 6. The number of carbonyl (C=O) groups excluding carboxylic acids is 2. The Bertz CT molecular complexity index is 1000. The minimum atomic E-state index is -0.217. The number of anilines is 1. The lowest BCUT2D eigenvalue weighted by atomic mass is 10.1. The van der Waals surface area contributed by atoms with E-state index in [1.807, 2.05) is 12.1 Å². The molecule has 2 aromatic carbocycles. The van der Waals surface area contributed by atoms with Crippen LogP contribution in [-0.2, 0) is 19.5 Å². The van der Waals surface area contributed by atoms with E-state index < -0.39 is 0 Å². The maximum absolute atomic E-state index is 12.2. The largest absolute Gasteiger partial charge is 0.367 e. The molecule has 0 spiro atoms. The number of benzene rings is 2. The van der Waals surface area contributed by atoms with Gasteiger partial charge in [-0.1, -0.05) is 42.5 Å². The van der Waals surface area contributed by atoms with Gasteiger partial charge in [-0.05, 0) is 42.2 Å². The average molecular weight is 373 g/mol. The molecule has 2 heterocycles. The molecule has 2 N–H and O–H groups in total. The van der Waals surface area contributed by atoms with Crippen LogP contribution in [0.1, 0.15) is 44.5 Å². The Kier molecular flexibility index (Phi) is 4.98. The van der Waals surface area contributed by atoms with Gasteiger partial charge in [-0.2, -0.15) is 0 Å². The van der Waals surface area contributed by atoms with E-state index in [0.29, 0.717) is 17.8 Å². The third-order valence-electron chi connectivity index (χ3n) is 5.17. The number of hydrogen-bond acceptors (Lipinski definition) is 3. The smallest absolute Gasteiger partial charge is 0.267 e. The average Bonchev–Trinajstić information content (AvgIpc) is 3.35. The zero-order valence-electron chi connectivity index (χ0n) is 15.9. The van der Waals surface area contributed by atoms with Crippen molar-refractivity contribution in [2.75, 3.05) is 11.4 Å². The number of carbonyl (C=O) groups is 2. The normalized spacial score (nSPS) is 12.7. The summed E-state index contributed by atoms with van der Waals surface area (Å²) in [7, 11) is 0. The molecule has 0 fully saturated rings. The van der Waals surface area contributed by atoms with Gasteiger partial charge in [-0.25, -0.2) is 0 Å². The maximum atomic E-state index is 12.2. The Morgan fingerprint density at radius 3 is 2.57 bits per heavy atom. The quantitative estimate of drug-likeness (QED) is 0.648. The molecule has 1 aliphatic rings. The summed E-state index contributed by atoms with van der Waals surface area (Å²) in [5.41, 5.74) is 5.95. The lowest BCUT2D eigenvalue weighted by Crippen LogP contribution is -2.23. The molecule has 5 heteroatoms. The van der Waals surface area contributed by atoms with Gasteiger partial charge in [0, 0.05) is 37.1 Å². The van der Waals surface area contributed by atoms with Gasteiger partial charge in [0.1, 0.15) is 5.69 Å². The highest BCUT2D eigenvalue weighted by Crippen LogP contribution is 2.28. The van der Waals surface area contributed by atoms with Crippen molar-refractivity contribution in [3.05, 3.63) is 88.7 Å². The van der Waals surface area contributed by atoms with E-state index in [1.54, 1.807) is 12.3 Å².